The Kier molecular flexibility index (Phi) is 7.46. The molecule has 0 aromatic heterocycles. The zero-order chi connectivity index (χ0) is 28.2. The Bertz CT molecular complexity index is 1540. The molecule has 9 nitrogen and oxygen atoms in total. The fraction of sp³-hybridized carbons (Fsp3) is 0.161. The van der Waals surface area contributed by atoms with Gasteiger partial charge in [-0.15, -0.1) is 0 Å². The molecule has 0 aliphatic heterocycles. The molecule has 0 fully saturated rings. The number of ether oxygens (including phenoxy) is 2. The van der Waals surface area contributed by atoms with Crippen molar-refractivity contribution in [2.45, 2.75) is 18.3 Å². The standard InChI is InChI=1S/C31H26N2O7/c1-39-29-15-12-20(26(30(34)35)16-19-10-13-21(14-11-19)33(37)38)17-28(29)32-31(36)40-18-27-24-8-4-2-6-22(24)23-7-3-5-9-25(23)27/h2-15,17,26-27H,16,18H2,1H3,(H,32,36)(H,34,35). The average molecular weight is 539 g/mol. The maximum atomic E-state index is 12.9. The van der Waals surface area contributed by atoms with E-state index < -0.39 is 22.9 Å². The molecule has 0 saturated carbocycles. The molecule has 0 spiro atoms. The third kappa shape index (κ3) is 5.35. The van der Waals surface area contributed by atoms with Crippen molar-refractivity contribution in [1.82, 2.24) is 0 Å². The number of nitro benzene ring substituents is 1. The van der Waals surface area contributed by atoms with E-state index in [-0.39, 0.29) is 30.3 Å². The molecule has 0 radical (unpaired) electrons. The predicted molar refractivity (Wildman–Crippen MR) is 149 cm³/mol. The van der Waals surface area contributed by atoms with Gasteiger partial charge in [-0.05, 0) is 51.9 Å². The normalized spacial score (nSPS) is 12.6. The monoisotopic (exact) mass is 538 g/mol. The Labute approximate surface area is 230 Å². The van der Waals surface area contributed by atoms with Gasteiger partial charge in [-0.3, -0.25) is 20.2 Å². The number of fused-ring (bicyclic) bond motifs is 3. The van der Waals surface area contributed by atoms with Crippen molar-refractivity contribution < 1.29 is 29.1 Å². The summed E-state index contributed by atoms with van der Waals surface area (Å²) in [5, 5.41) is 23.6. The van der Waals surface area contributed by atoms with Gasteiger partial charge in [0.2, 0.25) is 0 Å². The number of methoxy groups -OCH3 is 1. The molecule has 0 bridgehead atoms. The summed E-state index contributed by atoms with van der Waals surface area (Å²) in [6.07, 6.45) is -0.594. The quantitative estimate of drug-likeness (QED) is 0.187. The van der Waals surface area contributed by atoms with Gasteiger partial charge in [-0.25, -0.2) is 4.79 Å². The summed E-state index contributed by atoms with van der Waals surface area (Å²) in [4.78, 5) is 35.5. The highest BCUT2D eigenvalue weighted by Gasteiger charge is 2.29. The number of amides is 1. The van der Waals surface area contributed by atoms with E-state index in [9.17, 15) is 24.8 Å². The number of non-ortho nitro benzene ring substituents is 1. The minimum absolute atomic E-state index is 0.0744. The fourth-order valence-corrected chi connectivity index (χ4v) is 5.12. The highest BCUT2D eigenvalue weighted by molar-refractivity contribution is 5.88. The van der Waals surface area contributed by atoms with Crippen LogP contribution in [0, 0.1) is 10.1 Å². The number of rotatable bonds is 9. The van der Waals surface area contributed by atoms with Gasteiger partial charge in [-0.2, -0.15) is 0 Å². The largest absolute Gasteiger partial charge is 0.495 e. The number of aliphatic carboxylic acids is 1. The van der Waals surface area contributed by atoms with E-state index >= 15 is 0 Å². The minimum Gasteiger partial charge on any atom is -0.495 e. The summed E-state index contributed by atoms with van der Waals surface area (Å²) in [7, 11) is 1.45. The fourth-order valence-electron chi connectivity index (χ4n) is 5.12. The van der Waals surface area contributed by atoms with E-state index in [1.165, 1.54) is 31.4 Å². The summed E-state index contributed by atoms with van der Waals surface area (Å²) < 4.78 is 11.0. The SMILES string of the molecule is COc1ccc(C(Cc2ccc([N+](=O)[O-])cc2)C(=O)O)cc1NC(=O)OCC1c2ccccc2-c2ccccc21. The number of anilines is 1. The van der Waals surface area contributed by atoms with Crippen LogP contribution in [0.5, 0.6) is 5.75 Å². The lowest BCUT2D eigenvalue weighted by molar-refractivity contribution is -0.384. The van der Waals surface area contributed by atoms with E-state index in [0.717, 1.165) is 22.3 Å². The third-order valence-corrected chi connectivity index (χ3v) is 7.09. The first-order valence-corrected chi connectivity index (χ1v) is 12.6. The Morgan fingerprint density at radius 2 is 1.57 bits per heavy atom. The van der Waals surface area contributed by atoms with E-state index in [1.807, 2.05) is 36.4 Å². The molecule has 9 heteroatoms. The summed E-state index contributed by atoms with van der Waals surface area (Å²) >= 11 is 0. The van der Waals surface area contributed by atoms with Gasteiger partial charge in [0.05, 0.1) is 23.6 Å². The molecule has 4 aromatic carbocycles. The molecule has 2 N–H and O–H groups in total. The number of nitrogens with zero attached hydrogens (tertiary/aromatic N) is 1. The van der Waals surface area contributed by atoms with Crippen LogP contribution in [-0.2, 0) is 16.0 Å². The molecule has 0 heterocycles. The molecule has 1 amide bonds. The lowest BCUT2D eigenvalue weighted by Crippen LogP contribution is -2.19. The van der Waals surface area contributed by atoms with E-state index in [1.54, 1.807) is 18.2 Å². The zero-order valence-electron chi connectivity index (χ0n) is 21.6. The molecule has 0 saturated heterocycles. The van der Waals surface area contributed by atoms with Crippen LogP contribution in [0.1, 0.15) is 34.1 Å². The summed E-state index contributed by atoms with van der Waals surface area (Å²) in [6, 6.07) is 26.6. The number of carbonyl (C=O) groups excluding carboxylic acids is 1. The zero-order valence-corrected chi connectivity index (χ0v) is 21.6. The molecule has 4 aromatic rings. The lowest BCUT2D eigenvalue weighted by Gasteiger charge is -2.18. The van der Waals surface area contributed by atoms with Crippen LogP contribution in [0.3, 0.4) is 0 Å². The summed E-state index contributed by atoms with van der Waals surface area (Å²) in [5.74, 6) is -1.80. The predicted octanol–water partition coefficient (Wildman–Crippen LogP) is 6.38. The number of carboxylic acids is 1. The van der Waals surface area contributed by atoms with Crippen LogP contribution < -0.4 is 10.1 Å². The van der Waals surface area contributed by atoms with Crippen molar-refractivity contribution >= 4 is 23.4 Å². The van der Waals surface area contributed by atoms with Crippen molar-refractivity contribution in [3.05, 3.63) is 123 Å². The van der Waals surface area contributed by atoms with Gasteiger partial charge in [-0.1, -0.05) is 66.7 Å². The summed E-state index contributed by atoms with van der Waals surface area (Å²) in [6.45, 7) is 0.125. The van der Waals surface area contributed by atoms with Crippen molar-refractivity contribution in [1.29, 1.82) is 0 Å². The van der Waals surface area contributed by atoms with Crippen molar-refractivity contribution in [3.8, 4) is 16.9 Å². The Hall–Kier alpha value is -5.18. The number of hydrogen-bond acceptors (Lipinski definition) is 6. The third-order valence-electron chi connectivity index (χ3n) is 7.09. The number of nitro groups is 1. The smallest absolute Gasteiger partial charge is 0.411 e. The molecule has 202 valence electrons. The number of benzene rings is 4. The molecule has 1 unspecified atom stereocenters. The van der Waals surface area contributed by atoms with Crippen LogP contribution in [0.15, 0.2) is 91.0 Å². The van der Waals surface area contributed by atoms with Gasteiger partial charge in [0, 0.05) is 18.1 Å². The topological polar surface area (TPSA) is 128 Å². The number of carboxylic acid groups (broad SMARTS) is 1. The first-order chi connectivity index (χ1) is 19.4. The lowest BCUT2D eigenvalue weighted by atomic mass is 9.91. The minimum atomic E-state index is -1.07. The molecule has 1 aliphatic rings. The maximum Gasteiger partial charge on any atom is 0.411 e. The van der Waals surface area contributed by atoms with Crippen molar-refractivity contribution in [3.63, 3.8) is 0 Å². The second-order valence-corrected chi connectivity index (χ2v) is 9.43. The van der Waals surface area contributed by atoms with Crippen LogP contribution in [-0.4, -0.2) is 35.8 Å². The molecule has 1 atom stereocenters. The number of hydrogen-bond donors (Lipinski definition) is 2. The molecule has 40 heavy (non-hydrogen) atoms. The molecule has 5 rings (SSSR count). The van der Waals surface area contributed by atoms with Gasteiger partial charge in [0.25, 0.3) is 5.69 Å². The first kappa shape index (κ1) is 26.4. The van der Waals surface area contributed by atoms with Gasteiger partial charge in [0.15, 0.2) is 0 Å². The van der Waals surface area contributed by atoms with Crippen LogP contribution >= 0.6 is 0 Å². The Morgan fingerprint density at radius 3 is 2.15 bits per heavy atom. The second kappa shape index (κ2) is 11.3. The highest BCUT2D eigenvalue weighted by Crippen LogP contribution is 2.44. The van der Waals surface area contributed by atoms with Gasteiger partial charge < -0.3 is 14.6 Å². The van der Waals surface area contributed by atoms with E-state index in [2.05, 4.69) is 17.4 Å². The summed E-state index contributed by atoms with van der Waals surface area (Å²) in [5.41, 5.74) is 5.67. The highest BCUT2D eigenvalue weighted by atomic mass is 16.6. The van der Waals surface area contributed by atoms with Crippen molar-refractivity contribution in [2.75, 3.05) is 19.0 Å². The Morgan fingerprint density at radius 1 is 0.950 bits per heavy atom. The molecular formula is C31H26N2O7. The van der Waals surface area contributed by atoms with Crippen LogP contribution in [0.25, 0.3) is 11.1 Å². The average Bonchev–Trinajstić information content (AvgIpc) is 3.28. The number of carbonyl (C=O) groups is 2. The maximum absolute atomic E-state index is 12.9. The van der Waals surface area contributed by atoms with E-state index in [0.29, 0.717) is 16.9 Å². The van der Waals surface area contributed by atoms with E-state index in [4.69, 9.17) is 9.47 Å². The van der Waals surface area contributed by atoms with Crippen LogP contribution in [0.4, 0.5) is 16.2 Å². The Balaban J connectivity index is 1.32. The van der Waals surface area contributed by atoms with Gasteiger partial charge in [0.1, 0.15) is 12.4 Å². The second-order valence-electron chi connectivity index (χ2n) is 9.43. The van der Waals surface area contributed by atoms with Crippen LogP contribution in [0.2, 0.25) is 0 Å². The van der Waals surface area contributed by atoms with Crippen molar-refractivity contribution in [2.24, 2.45) is 0 Å². The molecular weight excluding hydrogens is 512 g/mol. The van der Waals surface area contributed by atoms with Gasteiger partial charge >= 0.3 is 12.1 Å². The first-order valence-electron chi connectivity index (χ1n) is 12.6. The molecule has 1 aliphatic carbocycles. The number of nitrogens with one attached hydrogen (secondary N) is 1.